The van der Waals surface area contributed by atoms with E-state index < -0.39 is 10.0 Å². The number of aryl methyl sites for hydroxylation is 1. The number of H-pyrrole nitrogens is 1. The average Bonchev–Trinajstić information content (AvgIpc) is 2.68. The fourth-order valence-corrected chi connectivity index (χ4v) is 3.14. The maximum Gasteiger partial charge on any atom is 0.260 e. The van der Waals surface area contributed by atoms with Crippen LogP contribution in [0.5, 0.6) is 0 Å². The monoisotopic (exact) mass is 290 g/mol. The van der Waals surface area contributed by atoms with Crippen LogP contribution in [0.25, 0.3) is 0 Å². The molecule has 1 aromatic rings. The molecule has 1 aromatic heterocycles. The molecule has 0 amide bonds. The van der Waals surface area contributed by atoms with Gasteiger partial charge >= 0.3 is 0 Å². The van der Waals surface area contributed by atoms with Gasteiger partial charge in [0.25, 0.3) is 10.0 Å². The minimum atomic E-state index is -3.70. The van der Waals surface area contributed by atoms with Crippen molar-refractivity contribution in [1.29, 1.82) is 0 Å². The summed E-state index contributed by atoms with van der Waals surface area (Å²) in [6.45, 7) is 3.91. The van der Waals surface area contributed by atoms with Crippen molar-refractivity contribution in [1.82, 2.24) is 19.8 Å². The molecule has 1 unspecified atom stereocenters. The number of hydrogen-bond donors (Lipinski definition) is 3. The molecule has 3 N–H and O–H groups in total. The predicted molar refractivity (Wildman–Crippen MR) is 72.2 cm³/mol. The second-order valence-corrected chi connectivity index (χ2v) is 6.53. The van der Waals surface area contributed by atoms with E-state index in [2.05, 4.69) is 14.9 Å². The van der Waals surface area contributed by atoms with E-state index in [1.807, 2.05) is 19.0 Å². The zero-order chi connectivity index (χ0) is 14.6. The van der Waals surface area contributed by atoms with E-state index >= 15 is 0 Å². The molecule has 7 nitrogen and oxygen atoms in total. The number of nitrogens with one attached hydrogen (secondary N) is 2. The number of aliphatic hydroxyl groups is 1. The van der Waals surface area contributed by atoms with E-state index in [1.165, 1.54) is 0 Å². The Morgan fingerprint density at radius 2 is 2.11 bits per heavy atom. The fourth-order valence-electron chi connectivity index (χ4n) is 1.67. The number of rotatable bonds is 7. The van der Waals surface area contributed by atoms with Crippen LogP contribution < -0.4 is 4.72 Å². The highest BCUT2D eigenvalue weighted by atomic mass is 32.2. The Hall–Kier alpha value is -0.960. The predicted octanol–water partition coefficient (Wildman–Crippen LogP) is -0.171. The van der Waals surface area contributed by atoms with Crippen LogP contribution in [0.4, 0.5) is 0 Å². The normalized spacial score (nSPS) is 14.0. The SMILES string of the molecule is Cc1[nH]nc(S(=O)(=O)NC(C)CCN(C)C)c1CO. The van der Waals surface area contributed by atoms with Crippen LogP contribution in [-0.2, 0) is 16.6 Å². The zero-order valence-corrected chi connectivity index (χ0v) is 12.6. The molecule has 19 heavy (non-hydrogen) atoms. The minimum absolute atomic E-state index is 0.121. The summed E-state index contributed by atoms with van der Waals surface area (Å²) in [6, 6.07) is -0.198. The van der Waals surface area contributed by atoms with E-state index in [1.54, 1.807) is 13.8 Å². The number of aromatic nitrogens is 2. The van der Waals surface area contributed by atoms with Gasteiger partial charge in [0.2, 0.25) is 0 Å². The molecular weight excluding hydrogens is 268 g/mol. The van der Waals surface area contributed by atoms with Gasteiger partial charge in [-0.25, -0.2) is 13.1 Å². The number of aromatic amines is 1. The first-order valence-electron chi connectivity index (χ1n) is 6.09. The van der Waals surface area contributed by atoms with Gasteiger partial charge in [-0.05, 0) is 40.9 Å². The van der Waals surface area contributed by atoms with Gasteiger partial charge in [-0.15, -0.1) is 0 Å². The largest absolute Gasteiger partial charge is 0.392 e. The van der Waals surface area contributed by atoms with Gasteiger partial charge in [-0.1, -0.05) is 0 Å². The maximum atomic E-state index is 12.2. The maximum absolute atomic E-state index is 12.2. The molecule has 0 saturated heterocycles. The van der Waals surface area contributed by atoms with Crippen LogP contribution in [0.3, 0.4) is 0 Å². The van der Waals surface area contributed by atoms with Crippen molar-refractivity contribution in [2.45, 2.75) is 37.9 Å². The van der Waals surface area contributed by atoms with Crippen LogP contribution >= 0.6 is 0 Å². The summed E-state index contributed by atoms with van der Waals surface area (Å²) in [5, 5.41) is 15.4. The third kappa shape index (κ3) is 4.27. The summed E-state index contributed by atoms with van der Waals surface area (Å²) in [5.41, 5.74) is 0.871. The van der Waals surface area contributed by atoms with Crippen molar-refractivity contribution in [3.8, 4) is 0 Å². The zero-order valence-electron chi connectivity index (χ0n) is 11.8. The van der Waals surface area contributed by atoms with Crippen LogP contribution in [0, 0.1) is 6.92 Å². The lowest BCUT2D eigenvalue weighted by Crippen LogP contribution is -2.35. The third-order valence-electron chi connectivity index (χ3n) is 2.81. The Bertz CT molecular complexity index is 510. The van der Waals surface area contributed by atoms with E-state index in [-0.39, 0.29) is 17.7 Å². The van der Waals surface area contributed by atoms with Crippen molar-refractivity contribution < 1.29 is 13.5 Å². The van der Waals surface area contributed by atoms with Crippen molar-refractivity contribution in [2.24, 2.45) is 0 Å². The number of aliphatic hydroxyl groups excluding tert-OH is 1. The van der Waals surface area contributed by atoms with Crippen LogP contribution in [0.1, 0.15) is 24.6 Å². The smallest absolute Gasteiger partial charge is 0.260 e. The Balaban J connectivity index is 2.81. The lowest BCUT2D eigenvalue weighted by Gasteiger charge is -2.16. The lowest BCUT2D eigenvalue weighted by molar-refractivity contribution is 0.277. The quantitative estimate of drug-likeness (QED) is 0.647. The van der Waals surface area contributed by atoms with E-state index in [9.17, 15) is 13.5 Å². The first kappa shape index (κ1) is 16.1. The van der Waals surface area contributed by atoms with Gasteiger partial charge < -0.3 is 10.0 Å². The van der Waals surface area contributed by atoms with Crippen molar-refractivity contribution in [3.63, 3.8) is 0 Å². The van der Waals surface area contributed by atoms with Gasteiger partial charge in [-0.2, -0.15) is 5.10 Å². The van der Waals surface area contributed by atoms with Crippen LogP contribution in [-0.4, -0.2) is 55.3 Å². The summed E-state index contributed by atoms with van der Waals surface area (Å²) in [4.78, 5) is 1.99. The standard InChI is InChI=1S/C11H22N4O3S/c1-8(5-6-15(3)4)14-19(17,18)11-10(7-16)9(2)12-13-11/h8,14,16H,5-7H2,1-4H3,(H,12,13). The summed E-state index contributed by atoms with van der Waals surface area (Å²) < 4.78 is 26.9. The first-order valence-corrected chi connectivity index (χ1v) is 7.58. The van der Waals surface area contributed by atoms with Crippen molar-refractivity contribution >= 4 is 10.0 Å². The molecule has 0 saturated carbocycles. The van der Waals surface area contributed by atoms with Gasteiger partial charge in [0.15, 0.2) is 5.03 Å². The van der Waals surface area contributed by atoms with Crippen molar-refractivity contribution in [3.05, 3.63) is 11.3 Å². The van der Waals surface area contributed by atoms with Gasteiger partial charge in [0.05, 0.1) is 6.61 Å². The molecule has 0 aromatic carbocycles. The van der Waals surface area contributed by atoms with Gasteiger partial charge in [-0.3, -0.25) is 5.10 Å². The highest BCUT2D eigenvalue weighted by molar-refractivity contribution is 7.89. The molecule has 110 valence electrons. The fraction of sp³-hybridized carbons (Fsp3) is 0.727. The van der Waals surface area contributed by atoms with E-state index in [0.717, 1.165) is 6.54 Å². The minimum Gasteiger partial charge on any atom is -0.392 e. The molecule has 1 rings (SSSR count). The van der Waals surface area contributed by atoms with Crippen molar-refractivity contribution in [2.75, 3.05) is 20.6 Å². The topological polar surface area (TPSA) is 98.3 Å². The van der Waals surface area contributed by atoms with Gasteiger partial charge in [0.1, 0.15) is 0 Å². The molecule has 8 heteroatoms. The Morgan fingerprint density at radius 1 is 1.47 bits per heavy atom. The summed E-state index contributed by atoms with van der Waals surface area (Å²) >= 11 is 0. The second-order valence-electron chi connectivity index (χ2n) is 4.90. The van der Waals surface area contributed by atoms with Crippen LogP contribution in [0.2, 0.25) is 0 Å². The molecule has 0 spiro atoms. The second kappa shape index (κ2) is 6.47. The van der Waals surface area contributed by atoms with E-state index in [4.69, 9.17) is 0 Å². The highest BCUT2D eigenvalue weighted by Crippen LogP contribution is 2.16. The Labute approximate surface area is 114 Å². The summed E-state index contributed by atoms with van der Waals surface area (Å²) in [5.74, 6) is 0. The summed E-state index contributed by atoms with van der Waals surface area (Å²) in [6.07, 6.45) is 0.699. The molecule has 0 aliphatic carbocycles. The molecule has 0 aliphatic rings. The first-order chi connectivity index (χ1) is 8.77. The number of sulfonamides is 1. The molecular formula is C11H22N4O3S. The molecule has 0 radical (unpaired) electrons. The Morgan fingerprint density at radius 3 is 2.63 bits per heavy atom. The molecule has 1 atom stereocenters. The molecule has 0 fully saturated rings. The van der Waals surface area contributed by atoms with Gasteiger partial charge in [0, 0.05) is 17.3 Å². The highest BCUT2D eigenvalue weighted by Gasteiger charge is 2.24. The lowest BCUT2D eigenvalue weighted by atomic mass is 10.2. The van der Waals surface area contributed by atoms with Crippen LogP contribution in [0.15, 0.2) is 5.03 Å². The molecule has 1 heterocycles. The molecule has 0 bridgehead atoms. The molecule has 0 aliphatic heterocycles. The van der Waals surface area contributed by atoms with E-state index in [0.29, 0.717) is 17.7 Å². The number of hydrogen-bond acceptors (Lipinski definition) is 5. The summed E-state index contributed by atoms with van der Waals surface area (Å²) in [7, 11) is 0.165. The average molecular weight is 290 g/mol. The Kier molecular flexibility index (Phi) is 5.48. The third-order valence-corrected chi connectivity index (χ3v) is 4.37. The number of nitrogens with zero attached hydrogens (tertiary/aromatic N) is 2.